The smallest absolute Gasteiger partial charge is 0.260 e. The molecule has 0 fully saturated rings. The van der Waals surface area contributed by atoms with Gasteiger partial charge in [-0.1, -0.05) is 20.8 Å². The topological polar surface area (TPSA) is 89.5 Å². The molecule has 0 aromatic carbocycles. The van der Waals surface area contributed by atoms with Crippen LogP contribution in [-0.2, 0) is 10.0 Å². The highest BCUT2D eigenvalue weighted by Crippen LogP contribution is 2.23. The van der Waals surface area contributed by atoms with Crippen molar-refractivity contribution in [2.24, 2.45) is 11.8 Å². The average Bonchev–Trinajstić information content (AvgIpc) is 2.84. The minimum absolute atomic E-state index is 0.0275. The van der Waals surface area contributed by atoms with Gasteiger partial charge in [0, 0.05) is 18.1 Å². The Morgan fingerprint density at radius 2 is 2.16 bits per heavy atom. The van der Waals surface area contributed by atoms with E-state index in [2.05, 4.69) is 23.6 Å². The molecule has 2 rings (SSSR count). The molecule has 2 heterocycles. The molecule has 1 atom stereocenters. The van der Waals surface area contributed by atoms with E-state index in [4.69, 9.17) is 5.73 Å². The summed E-state index contributed by atoms with van der Waals surface area (Å²) in [5.74, 6) is 0.699. The number of sulfonamides is 1. The van der Waals surface area contributed by atoms with Crippen molar-refractivity contribution in [2.45, 2.75) is 25.8 Å². The maximum atomic E-state index is 12.3. The van der Waals surface area contributed by atoms with E-state index >= 15 is 0 Å². The number of thiazole rings is 1. The summed E-state index contributed by atoms with van der Waals surface area (Å²) in [6.07, 6.45) is 1.66. The first-order chi connectivity index (χ1) is 8.83. The summed E-state index contributed by atoms with van der Waals surface area (Å²) < 4.78 is 28.7. The van der Waals surface area contributed by atoms with Crippen LogP contribution in [0.1, 0.15) is 20.8 Å². The Morgan fingerprint density at radius 3 is 2.79 bits per heavy atom. The van der Waals surface area contributed by atoms with Crippen molar-refractivity contribution in [3.63, 3.8) is 0 Å². The average molecular weight is 302 g/mol. The molecule has 0 aliphatic carbocycles. The summed E-state index contributed by atoms with van der Waals surface area (Å²) in [7, 11) is -3.64. The number of hydrogen-bond acceptors (Lipinski definition) is 5. The van der Waals surface area contributed by atoms with Crippen LogP contribution >= 0.6 is 11.3 Å². The largest absolute Gasteiger partial charge is 0.381 e. The van der Waals surface area contributed by atoms with E-state index in [1.807, 2.05) is 6.92 Å². The van der Waals surface area contributed by atoms with Gasteiger partial charge in [-0.25, -0.2) is 18.1 Å². The fraction of sp³-hybridized carbons (Fsp3) is 0.545. The molecule has 0 aliphatic heterocycles. The molecule has 106 valence electrons. The van der Waals surface area contributed by atoms with Crippen LogP contribution in [0.4, 0.5) is 5.82 Å². The zero-order valence-corrected chi connectivity index (χ0v) is 12.8. The Labute approximate surface area is 116 Å². The molecule has 0 saturated carbocycles. The molecule has 0 aliphatic rings. The lowest BCUT2D eigenvalue weighted by atomic mass is 9.99. The predicted octanol–water partition coefficient (Wildman–Crippen LogP) is 1.55. The van der Waals surface area contributed by atoms with Crippen molar-refractivity contribution < 1.29 is 8.42 Å². The molecule has 0 spiro atoms. The zero-order chi connectivity index (χ0) is 14.2. The number of nitrogens with one attached hydrogen (secondary N) is 1. The van der Waals surface area contributed by atoms with Crippen LogP contribution in [0.3, 0.4) is 0 Å². The SMILES string of the molecule is CC(C)C(C)CNS(=O)(=O)c1c(N)nc2sccn12. The van der Waals surface area contributed by atoms with Crippen LogP contribution in [0, 0.1) is 11.8 Å². The minimum Gasteiger partial charge on any atom is -0.381 e. The molecule has 2 aromatic heterocycles. The van der Waals surface area contributed by atoms with Crippen LogP contribution in [0.2, 0.25) is 0 Å². The van der Waals surface area contributed by atoms with Crippen molar-refractivity contribution in [2.75, 3.05) is 12.3 Å². The van der Waals surface area contributed by atoms with Gasteiger partial charge in [0.05, 0.1) is 0 Å². The molecule has 2 aromatic rings. The highest BCUT2D eigenvalue weighted by Gasteiger charge is 2.25. The summed E-state index contributed by atoms with van der Waals surface area (Å²) in [6, 6.07) is 0. The van der Waals surface area contributed by atoms with Crippen molar-refractivity contribution in [1.29, 1.82) is 0 Å². The summed E-state index contributed by atoms with van der Waals surface area (Å²) >= 11 is 1.35. The van der Waals surface area contributed by atoms with Gasteiger partial charge in [-0.15, -0.1) is 11.3 Å². The van der Waals surface area contributed by atoms with Gasteiger partial charge in [-0.2, -0.15) is 0 Å². The Bertz CT molecular complexity index is 672. The third-order valence-corrected chi connectivity index (χ3v) is 5.45. The quantitative estimate of drug-likeness (QED) is 0.877. The Kier molecular flexibility index (Phi) is 3.84. The third kappa shape index (κ3) is 2.75. The van der Waals surface area contributed by atoms with E-state index in [0.717, 1.165) is 0 Å². The number of nitrogens with zero attached hydrogens (tertiary/aromatic N) is 2. The lowest BCUT2D eigenvalue weighted by Gasteiger charge is -2.16. The van der Waals surface area contributed by atoms with Crippen molar-refractivity contribution >= 4 is 32.1 Å². The molecule has 6 nitrogen and oxygen atoms in total. The maximum Gasteiger partial charge on any atom is 0.260 e. The number of fused-ring (bicyclic) bond motifs is 1. The van der Waals surface area contributed by atoms with Crippen LogP contribution in [0.5, 0.6) is 0 Å². The van der Waals surface area contributed by atoms with E-state index in [-0.39, 0.29) is 16.8 Å². The lowest BCUT2D eigenvalue weighted by molar-refractivity contribution is 0.414. The van der Waals surface area contributed by atoms with Crippen LogP contribution in [0.15, 0.2) is 16.6 Å². The lowest BCUT2D eigenvalue weighted by Crippen LogP contribution is -2.31. The van der Waals surface area contributed by atoms with Gasteiger partial charge < -0.3 is 5.73 Å². The molecule has 0 amide bonds. The second-order valence-corrected chi connectivity index (χ2v) is 7.49. The molecule has 19 heavy (non-hydrogen) atoms. The van der Waals surface area contributed by atoms with Gasteiger partial charge in [0.2, 0.25) is 0 Å². The third-order valence-electron chi connectivity index (χ3n) is 3.23. The first kappa shape index (κ1) is 14.3. The van der Waals surface area contributed by atoms with Gasteiger partial charge in [-0.05, 0) is 11.8 Å². The first-order valence-corrected chi connectivity index (χ1v) is 8.40. The number of hydrogen-bond donors (Lipinski definition) is 2. The summed E-state index contributed by atoms with van der Waals surface area (Å²) in [6.45, 7) is 6.51. The normalized spacial score (nSPS) is 14.3. The zero-order valence-electron chi connectivity index (χ0n) is 11.1. The molecular formula is C11H18N4O2S2. The fourth-order valence-corrected chi connectivity index (χ4v) is 3.72. The molecule has 3 N–H and O–H groups in total. The van der Waals surface area contributed by atoms with Crippen molar-refractivity contribution in [3.8, 4) is 0 Å². The second kappa shape index (κ2) is 5.10. The summed E-state index contributed by atoms with van der Waals surface area (Å²) in [5.41, 5.74) is 5.71. The monoisotopic (exact) mass is 302 g/mol. The Balaban J connectivity index is 2.29. The number of anilines is 1. The second-order valence-electron chi connectivity index (χ2n) is 4.93. The van der Waals surface area contributed by atoms with Gasteiger partial charge in [0.1, 0.15) is 0 Å². The van der Waals surface area contributed by atoms with E-state index in [9.17, 15) is 8.42 Å². The minimum atomic E-state index is -3.64. The van der Waals surface area contributed by atoms with E-state index < -0.39 is 10.0 Å². The molecule has 0 radical (unpaired) electrons. The van der Waals surface area contributed by atoms with Crippen LogP contribution in [-0.4, -0.2) is 24.3 Å². The number of rotatable bonds is 5. The number of aromatic nitrogens is 2. The summed E-state index contributed by atoms with van der Waals surface area (Å²) in [4.78, 5) is 4.62. The standard InChI is InChI=1S/C11H18N4O2S2/c1-7(2)8(3)6-13-19(16,17)10-9(12)14-11-15(10)4-5-18-11/h4-5,7-8,13H,6,12H2,1-3H3. The van der Waals surface area contributed by atoms with Crippen LogP contribution < -0.4 is 10.5 Å². The first-order valence-electron chi connectivity index (χ1n) is 6.03. The highest BCUT2D eigenvalue weighted by atomic mass is 32.2. The predicted molar refractivity (Wildman–Crippen MR) is 76.7 cm³/mol. The Hall–Kier alpha value is -1.12. The molecular weight excluding hydrogens is 284 g/mol. The van der Waals surface area contributed by atoms with E-state index in [1.165, 1.54) is 15.7 Å². The number of nitrogen functional groups attached to an aromatic ring is 1. The van der Waals surface area contributed by atoms with Crippen molar-refractivity contribution in [1.82, 2.24) is 14.1 Å². The molecule has 0 saturated heterocycles. The highest BCUT2D eigenvalue weighted by molar-refractivity contribution is 7.89. The van der Waals surface area contributed by atoms with Gasteiger partial charge in [0.25, 0.3) is 10.0 Å². The Morgan fingerprint density at radius 1 is 1.47 bits per heavy atom. The van der Waals surface area contributed by atoms with E-state index in [1.54, 1.807) is 11.6 Å². The maximum absolute atomic E-state index is 12.3. The van der Waals surface area contributed by atoms with E-state index in [0.29, 0.717) is 17.4 Å². The molecule has 8 heteroatoms. The van der Waals surface area contributed by atoms with Gasteiger partial charge in [0.15, 0.2) is 15.8 Å². The van der Waals surface area contributed by atoms with Crippen LogP contribution in [0.25, 0.3) is 4.96 Å². The molecule has 0 bridgehead atoms. The van der Waals surface area contributed by atoms with Gasteiger partial charge in [-0.3, -0.25) is 4.40 Å². The van der Waals surface area contributed by atoms with Crippen molar-refractivity contribution in [3.05, 3.63) is 11.6 Å². The number of imidazole rings is 1. The fourth-order valence-electron chi connectivity index (χ4n) is 1.59. The number of nitrogens with two attached hydrogens (primary N) is 1. The summed E-state index contributed by atoms with van der Waals surface area (Å²) in [5, 5.41) is 1.80. The molecule has 1 unspecified atom stereocenters. The van der Waals surface area contributed by atoms with Gasteiger partial charge >= 0.3 is 0 Å².